The number of nitro benzene ring substituents is 3. The van der Waals surface area contributed by atoms with E-state index in [4.69, 9.17) is 5.21 Å². The lowest BCUT2D eigenvalue weighted by molar-refractivity contribution is -0.424. The van der Waals surface area contributed by atoms with Gasteiger partial charge in [-0.25, -0.2) is 0 Å². The van der Waals surface area contributed by atoms with Crippen LogP contribution >= 0.6 is 0 Å². The summed E-state index contributed by atoms with van der Waals surface area (Å²) in [5.41, 5.74) is -2.61. The Morgan fingerprint density at radius 1 is 1.06 bits per heavy atom. The van der Waals surface area contributed by atoms with E-state index < -0.39 is 43.1 Å². The summed E-state index contributed by atoms with van der Waals surface area (Å²) < 4.78 is 0. The first kappa shape index (κ1) is 13.2. The van der Waals surface area contributed by atoms with E-state index in [0.29, 0.717) is 6.07 Å². The van der Waals surface area contributed by atoms with Crippen LogP contribution in [0.2, 0.25) is 0 Å². The average Bonchev–Trinajstić information content (AvgIpc) is 2.26. The van der Waals surface area contributed by atoms with Crippen LogP contribution in [0.15, 0.2) is 6.07 Å². The molecule has 0 bridgehead atoms. The Morgan fingerprint density at radius 3 is 1.89 bits per heavy atom. The minimum Gasteiger partial charge on any atom is -0.291 e. The molecule has 0 aliphatic carbocycles. The predicted molar refractivity (Wildman–Crippen MR) is 56.6 cm³/mol. The molecule has 0 aliphatic rings. The van der Waals surface area contributed by atoms with Crippen LogP contribution in [-0.2, 0) is 0 Å². The summed E-state index contributed by atoms with van der Waals surface area (Å²) in [6, 6.07) is 0.653. The summed E-state index contributed by atoms with van der Waals surface area (Å²) in [4.78, 5) is 29.0. The molecule has 0 saturated carbocycles. The Balaban J connectivity index is 3.82. The van der Waals surface area contributed by atoms with E-state index in [0.717, 1.165) is 6.92 Å². The van der Waals surface area contributed by atoms with E-state index in [1.165, 1.54) is 5.48 Å². The number of nitrogens with one attached hydrogen (secondary N) is 1. The number of rotatable bonds is 4. The van der Waals surface area contributed by atoms with E-state index in [-0.39, 0.29) is 0 Å². The number of benzene rings is 1. The van der Waals surface area contributed by atoms with Gasteiger partial charge in [0, 0.05) is 6.07 Å². The molecule has 1 rings (SSSR count). The summed E-state index contributed by atoms with van der Waals surface area (Å²) >= 11 is 0. The molecule has 1 aromatic carbocycles. The van der Waals surface area contributed by atoms with Gasteiger partial charge in [-0.15, -0.1) is 0 Å². The maximum atomic E-state index is 10.8. The lowest BCUT2D eigenvalue weighted by Gasteiger charge is -2.04. The second-order valence-corrected chi connectivity index (χ2v) is 3.15. The first-order valence-corrected chi connectivity index (χ1v) is 4.32. The van der Waals surface area contributed by atoms with Gasteiger partial charge in [-0.05, 0) is 6.92 Å². The van der Waals surface area contributed by atoms with Gasteiger partial charge in [-0.2, -0.15) is 0 Å². The molecule has 0 heterocycles. The number of nitro groups is 3. The number of hydrogen-bond donors (Lipinski definition) is 2. The lowest BCUT2D eigenvalue weighted by Crippen LogP contribution is -2.06. The first-order valence-electron chi connectivity index (χ1n) is 4.32. The zero-order chi connectivity index (χ0) is 14.0. The fourth-order valence-electron chi connectivity index (χ4n) is 1.42. The van der Waals surface area contributed by atoms with Crippen molar-refractivity contribution >= 4 is 22.7 Å². The third-order valence-electron chi connectivity index (χ3n) is 2.18. The maximum absolute atomic E-state index is 10.8. The number of hydrogen-bond acceptors (Lipinski definition) is 8. The van der Waals surface area contributed by atoms with Gasteiger partial charge in [-0.1, -0.05) is 0 Å². The molecule has 0 aliphatic heterocycles. The van der Waals surface area contributed by atoms with Gasteiger partial charge in [0.05, 0.1) is 14.8 Å². The van der Waals surface area contributed by atoms with Crippen molar-refractivity contribution in [3.8, 4) is 0 Å². The SMILES string of the molecule is Cc1c([N+](=O)[O-])cc(NO)c([N+](=O)[O-])c1[N+](=O)[O-]. The highest BCUT2D eigenvalue weighted by atomic mass is 16.6. The highest BCUT2D eigenvalue weighted by Gasteiger charge is 2.36. The third-order valence-corrected chi connectivity index (χ3v) is 2.18. The van der Waals surface area contributed by atoms with Gasteiger partial charge in [0.25, 0.3) is 5.69 Å². The van der Waals surface area contributed by atoms with Crippen LogP contribution in [0.25, 0.3) is 0 Å². The molecule has 0 saturated heterocycles. The average molecular weight is 258 g/mol. The summed E-state index contributed by atoms with van der Waals surface area (Å²) in [5.74, 6) is 0. The highest BCUT2D eigenvalue weighted by molar-refractivity contribution is 5.78. The van der Waals surface area contributed by atoms with Gasteiger partial charge < -0.3 is 0 Å². The van der Waals surface area contributed by atoms with Crippen molar-refractivity contribution in [3.63, 3.8) is 0 Å². The largest absolute Gasteiger partial charge is 0.371 e. The van der Waals surface area contributed by atoms with Crippen LogP contribution in [0.3, 0.4) is 0 Å². The van der Waals surface area contributed by atoms with E-state index >= 15 is 0 Å². The monoisotopic (exact) mass is 258 g/mol. The van der Waals surface area contributed by atoms with E-state index in [1.54, 1.807) is 0 Å². The predicted octanol–water partition coefficient (Wildman–Crippen LogP) is 1.52. The molecular weight excluding hydrogens is 252 g/mol. The van der Waals surface area contributed by atoms with E-state index in [9.17, 15) is 30.3 Å². The van der Waals surface area contributed by atoms with Gasteiger partial charge >= 0.3 is 11.4 Å². The van der Waals surface area contributed by atoms with Crippen LogP contribution in [0.5, 0.6) is 0 Å². The molecule has 2 N–H and O–H groups in total. The molecule has 1 aromatic rings. The molecule has 0 radical (unpaired) electrons. The second-order valence-electron chi connectivity index (χ2n) is 3.15. The fraction of sp³-hybridized carbons (Fsp3) is 0.143. The standard InChI is InChI=1S/C7H6N4O7/c1-3-5(9(13)14)2-4(8-12)7(11(17)18)6(3)10(15)16/h2,8,12H,1H3. The van der Waals surface area contributed by atoms with Crippen LogP contribution in [0.1, 0.15) is 5.56 Å². The second kappa shape index (κ2) is 4.58. The van der Waals surface area contributed by atoms with Gasteiger partial charge in [0.2, 0.25) is 0 Å². The van der Waals surface area contributed by atoms with Gasteiger partial charge in [-0.3, -0.25) is 41.0 Å². The molecule has 18 heavy (non-hydrogen) atoms. The molecular formula is C7H6N4O7. The Morgan fingerprint density at radius 2 is 1.56 bits per heavy atom. The van der Waals surface area contributed by atoms with E-state index in [1.807, 2.05) is 0 Å². The first-order chi connectivity index (χ1) is 8.31. The highest BCUT2D eigenvalue weighted by Crippen LogP contribution is 2.41. The molecule has 11 nitrogen and oxygen atoms in total. The van der Waals surface area contributed by atoms with Crippen molar-refractivity contribution in [2.45, 2.75) is 6.92 Å². The van der Waals surface area contributed by atoms with Crippen molar-refractivity contribution in [2.24, 2.45) is 0 Å². The molecule has 96 valence electrons. The van der Waals surface area contributed by atoms with Crippen LogP contribution in [0.4, 0.5) is 22.7 Å². The van der Waals surface area contributed by atoms with E-state index in [2.05, 4.69) is 0 Å². The third kappa shape index (κ3) is 2.01. The summed E-state index contributed by atoms with van der Waals surface area (Å²) in [5, 5.41) is 40.8. The molecule has 0 unspecified atom stereocenters. The zero-order valence-corrected chi connectivity index (χ0v) is 8.82. The minimum atomic E-state index is -1.11. The number of nitrogens with zero attached hydrogens (tertiary/aromatic N) is 3. The molecule has 0 fully saturated rings. The summed E-state index contributed by atoms with van der Waals surface area (Å²) in [6.45, 7) is 1.02. The van der Waals surface area contributed by atoms with Crippen LogP contribution < -0.4 is 5.48 Å². The summed E-state index contributed by atoms with van der Waals surface area (Å²) in [6.07, 6.45) is 0. The minimum absolute atomic E-state index is 0.462. The van der Waals surface area contributed by atoms with Crippen LogP contribution in [-0.4, -0.2) is 20.0 Å². The summed E-state index contributed by atoms with van der Waals surface area (Å²) in [7, 11) is 0. The molecule has 0 atom stereocenters. The fourth-order valence-corrected chi connectivity index (χ4v) is 1.42. The Labute approximate surface area is 98.1 Å². The Bertz CT molecular complexity index is 555. The molecule has 0 aromatic heterocycles. The smallest absolute Gasteiger partial charge is 0.291 e. The van der Waals surface area contributed by atoms with Crippen molar-refractivity contribution in [1.82, 2.24) is 0 Å². The van der Waals surface area contributed by atoms with Crippen molar-refractivity contribution in [1.29, 1.82) is 0 Å². The van der Waals surface area contributed by atoms with Gasteiger partial charge in [0.15, 0.2) is 5.69 Å². The lowest BCUT2D eigenvalue weighted by atomic mass is 10.1. The van der Waals surface area contributed by atoms with Crippen LogP contribution in [0, 0.1) is 37.3 Å². The number of anilines is 1. The zero-order valence-electron chi connectivity index (χ0n) is 8.82. The van der Waals surface area contributed by atoms with Crippen molar-refractivity contribution < 1.29 is 20.0 Å². The normalized spacial score (nSPS) is 9.89. The maximum Gasteiger partial charge on any atom is 0.371 e. The Hall–Kier alpha value is -2.82. The quantitative estimate of drug-likeness (QED) is 0.606. The van der Waals surface area contributed by atoms with Crippen molar-refractivity contribution in [3.05, 3.63) is 42.0 Å². The molecule has 0 amide bonds. The van der Waals surface area contributed by atoms with Gasteiger partial charge in [0.1, 0.15) is 5.56 Å². The molecule has 0 spiro atoms. The van der Waals surface area contributed by atoms with Crippen molar-refractivity contribution in [2.75, 3.05) is 5.48 Å². The molecule has 11 heteroatoms. The Kier molecular flexibility index (Phi) is 3.37. The topological polar surface area (TPSA) is 162 Å².